The fraction of sp³-hybridized carbons (Fsp3) is 0.667. The number of hydrogen-bond acceptors (Lipinski definition) is 6. The molecule has 0 aromatic carbocycles. The van der Waals surface area contributed by atoms with Crippen LogP contribution in [0.5, 0.6) is 0 Å². The summed E-state index contributed by atoms with van der Waals surface area (Å²) in [4.78, 5) is 12.8. The van der Waals surface area contributed by atoms with E-state index in [1.54, 1.807) is 7.05 Å². The van der Waals surface area contributed by atoms with E-state index < -0.39 is 40.4 Å². The Kier molecular flexibility index (Phi) is 5.08. The molecule has 1 N–H and O–H groups in total. The van der Waals surface area contributed by atoms with Gasteiger partial charge in [0.05, 0.1) is 12.1 Å². The Morgan fingerprint density at radius 3 is 2.74 bits per heavy atom. The smallest absolute Gasteiger partial charge is 0.287 e. The highest BCUT2D eigenvalue weighted by molar-refractivity contribution is 7.89. The van der Waals surface area contributed by atoms with Gasteiger partial charge in [0.1, 0.15) is 4.90 Å². The summed E-state index contributed by atoms with van der Waals surface area (Å²) in [6.07, 6.45) is -0.362. The summed E-state index contributed by atoms with van der Waals surface area (Å²) in [6, 6.07) is 0. The SMILES string of the molecule is CC1=NN(C(=O)C2CCCN(S(=O)(=O)c3cnn(C)c3)C2)C(O)(C(F)F)C1. The van der Waals surface area contributed by atoms with Crippen LogP contribution in [0.3, 0.4) is 0 Å². The first-order valence-corrected chi connectivity index (χ1v) is 9.87. The van der Waals surface area contributed by atoms with E-state index in [0.29, 0.717) is 17.9 Å². The normalized spacial score (nSPS) is 27.3. The monoisotopic (exact) mass is 405 g/mol. The van der Waals surface area contributed by atoms with Crippen LogP contribution in [0.4, 0.5) is 8.78 Å². The number of alkyl halides is 2. The van der Waals surface area contributed by atoms with Gasteiger partial charge in [0.25, 0.3) is 6.43 Å². The third kappa shape index (κ3) is 3.48. The molecule has 3 heterocycles. The molecule has 0 aliphatic carbocycles. The maximum Gasteiger partial charge on any atom is 0.287 e. The van der Waals surface area contributed by atoms with Crippen molar-refractivity contribution in [2.45, 2.75) is 43.2 Å². The summed E-state index contributed by atoms with van der Waals surface area (Å²) in [7, 11) is -2.27. The van der Waals surface area contributed by atoms with E-state index in [0.717, 1.165) is 4.31 Å². The van der Waals surface area contributed by atoms with Crippen LogP contribution in [0, 0.1) is 5.92 Å². The fourth-order valence-electron chi connectivity index (χ4n) is 3.37. The van der Waals surface area contributed by atoms with Crippen molar-refractivity contribution in [3.63, 3.8) is 0 Å². The van der Waals surface area contributed by atoms with Crippen molar-refractivity contribution in [3.05, 3.63) is 12.4 Å². The fourth-order valence-corrected chi connectivity index (χ4v) is 4.88. The number of rotatable bonds is 4. The van der Waals surface area contributed by atoms with Crippen molar-refractivity contribution in [1.29, 1.82) is 0 Å². The molecule has 2 atom stereocenters. The molecule has 0 radical (unpaired) electrons. The van der Waals surface area contributed by atoms with E-state index >= 15 is 0 Å². The molecule has 3 rings (SSSR count). The lowest BCUT2D eigenvalue weighted by molar-refractivity contribution is -0.195. The first kappa shape index (κ1) is 19.8. The molecule has 2 unspecified atom stereocenters. The Balaban J connectivity index is 1.81. The predicted molar refractivity (Wildman–Crippen MR) is 90.2 cm³/mol. The minimum atomic E-state index is -3.85. The van der Waals surface area contributed by atoms with Crippen LogP contribution < -0.4 is 0 Å². The number of aromatic nitrogens is 2. The minimum Gasteiger partial charge on any atom is -0.364 e. The minimum absolute atomic E-state index is 0.00257. The van der Waals surface area contributed by atoms with Gasteiger partial charge in [-0.15, -0.1) is 0 Å². The molecule has 0 bridgehead atoms. The van der Waals surface area contributed by atoms with E-state index in [1.165, 1.54) is 24.0 Å². The molecule has 2 aliphatic heterocycles. The van der Waals surface area contributed by atoms with Gasteiger partial charge in [0, 0.05) is 38.5 Å². The van der Waals surface area contributed by atoms with Gasteiger partial charge in [0.15, 0.2) is 0 Å². The summed E-state index contributed by atoms with van der Waals surface area (Å²) < 4.78 is 54.6. The van der Waals surface area contributed by atoms with Gasteiger partial charge in [-0.2, -0.15) is 19.5 Å². The number of piperidine rings is 1. The van der Waals surface area contributed by atoms with Crippen molar-refractivity contribution in [2.75, 3.05) is 13.1 Å². The maximum atomic E-state index is 13.3. The topological polar surface area (TPSA) is 108 Å². The lowest BCUT2D eigenvalue weighted by Gasteiger charge is -2.36. The number of sulfonamides is 1. The van der Waals surface area contributed by atoms with Crippen LogP contribution in [0.25, 0.3) is 0 Å². The molecule has 1 aromatic heterocycles. The first-order valence-electron chi connectivity index (χ1n) is 8.43. The Morgan fingerprint density at radius 2 is 2.15 bits per heavy atom. The highest BCUT2D eigenvalue weighted by atomic mass is 32.2. The van der Waals surface area contributed by atoms with Gasteiger partial charge < -0.3 is 5.11 Å². The van der Waals surface area contributed by atoms with Crippen molar-refractivity contribution in [3.8, 4) is 0 Å². The van der Waals surface area contributed by atoms with E-state index in [1.807, 2.05) is 0 Å². The summed E-state index contributed by atoms with van der Waals surface area (Å²) in [5.41, 5.74) is -2.48. The molecular weight excluding hydrogens is 384 g/mol. The number of hydrazone groups is 1. The number of aliphatic hydroxyl groups is 1. The quantitative estimate of drug-likeness (QED) is 0.779. The number of hydrogen-bond donors (Lipinski definition) is 1. The van der Waals surface area contributed by atoms with E-state index in [2.05, 4.69) is 10.2 Å². The molecule has 1 amide bonds. The van der Waals surface area contributed by atoms with E-state index in [4.69, 9.17) is 0 Å². The molecule has 1 aromatic rings. The third-order valence-corrected chi connectivity index (χ3v) is 6.58. The molecule has 27 heavy (non-hydrogen) atoms. The predicted octanol–water partition coefficient (Wildman–Crippen LogP) is 0.383. The molecule has 12 heteroatoms. The third-order valence-electron chi connectivity index (χ3n) is 4.76. The van der Waals surface area contributed by atoms with Gasteiger partial charge in [0.2, 0.25) is 21.7 Å². The van der Waals surface area contributed by atoms with Gasteiger partial charge in [-0.1, -0.05) is 0 Å². The Hall–Kier alpha value is -1.92. The first-order chi connectivity index (χ1) is 12.6. The second kappa shape index (κ2) is 6.91. The average molecular weight is 405 g/mol. The zero-order valence-electron chi connectivity index (χ0n) is 14.9. The van der Waals surface area contributed by atoms with Gasteiger partial charge in [-0.05, 0) is 19.8 Å². The number of halogens is 2. The van der Waals surface area contributed by atoms with E-state index in [9.17, 15) is 27.1 Å². The standard InChI is InChI=1S/C15H21F2N5O4S/c1-10-6-15(24,14(16)17)22(19-10)13(23)11-4-3-5-21(8-11)27(25,26)12-7-18-20(2)9-12/h7,9,11,14,24H,3-6,8H2,1-2H3. The molecule has 2 aliphatic rings. The van der Waals surface area contributed by atoms with Crippen molar-refractivity contribution < 1.29 is 27.1 Å². The second-order valence-corrected chi connectivity index (χ2v) is 8.83. The van der Waals surface area contributed by atoms with Gasteiger partial charge >= 0.3 is 0 Å². The Labute approximate surface area is 155 Å². The molecule has 1 fully saturated rings. The van der Waals surface area contributed by atoms with Crippen LogP contribution in [-0.4, -0.2) is 69.5 Å². The number of carbonyl (C=O) groups is 1. The maximum absolute atomic E-state index is 13.3. The van der Waals surface area contributed by atoms with E-state index in [-0.39, 0.29) is 23.7 Å². The van der Waals surface area contributed by atoms with Crippen LogP contribution in [0.15, 0.2) is 22.4 Å². The summed E-state index contributed by atoms with van der Waals surface area (Å²) in [6.45, 7) is 1.49. The van der Waals surface area contributed by atoms with Crippen LogP contribution in [0.2, 0.25) is 0 Å². The summed E-state index contributed by atoms with van der Waals surface area (Å²) >= 11 is 0. The van der Waals surface area contributed by atoms with Crippen LogP contribution in [-0.2, 0) is 21.9 Å². The largest absolute Gasteiger partial charge is 0.364 e. The summed E-state index contributed by atoms with van der Waals surface area (Å²) in [5.74, 6) is -1.68. The molecule has 150 valence electrons. The number of carbonyl (C=O) groups excluding carboxylic acids is 1. The lowest BCUT2D eigenvalue weighted by Crippen LogP contribution is -2.55. The number of amides is 1. The highest BCUT2D eigenvalue weighted by Gasteiger charge is 2.52. The Morgan fingerprint density at radius 1 is 1.44 bits per heavy atom. The molecular formula is C15H21F2N5O4S. The van der Waals surface area contributed by atoms with Gasteiger partial charge in [-0.25, -0.2) is 17.2 Å². The van der Waals surface area contributed by atoms with Crippen LogP contribution in [0.1, 0.15) is 26.2 Å². The van der Waals surface area contributed by atoms with Gasteiger partial charge in [-0.3, -0.25) is 9.48 Å². The summed E-state index contributed by atoms with van der Waals surface area (Å²) in [5, 5.41) is 18.3. The highest BCUT2D eigenvalue weighted by Crippen LogP contribution is 2.34. The molecule has 0 spiro atoms. The van der Waals surface area contributed by atoms with Crippen molar-refractivity contribution >= 4 is 21.6 Å². The zero-order chi connectivity index (χ0) is 20.0. The lowest BCUT2D eigenvalue weighted by atomic mass is 9.97. The molecule has 0 saturated carbocycles. The molecule has 1 saturated heterocycles. The van der Waals surface area contributed by atoms with Crippen LogP contribution >= 0.6 is 0 Å². The molecule has 9 nitrogen and oxygen atoms in total. The second-order valence-electron chi connectivity index (χ2n) is 6.89. The average Bonchev–Trinajstić information content (AvgIpc) is 3.18. The number of nitrogens with zero attached hydrogens (tertiary/aromatic N) is 5. The zero-order valence-corrected chi connectivity index (χ0v) is 15.7. The van der Waals surface area contributed by atoms with Crippen molar-refractivity contribution in [1.82, 2.24) is 19.1 Å². The van der Waals surface area contributed by atoms with Crippen molar-refractivity contribution in [2.24, 2.45) is 18.1 Å². The Bertz CT molecular complexity index is 871. The number of aryl methyl sites for hydroxylation is 1.